The number of nitrogens with one attached hydrogen (secondary N) is 12. The molecule has 118 heavy (non-hydrogen) atoms. The normalized spacial score (nSPS) is 14.0. The zero-order valence-electron chi connectivity index (χ0n) is 62.5. The van der Waals surface area contributed by atoms with E-state index in [1.54, 1.807) is 82.3 Å². The summed E-state index contributed by atoms with van der Waals surface area (Å²) < 4.78 is 18.6. The van der Waals surface area contributed by atoms with Gasteiger partial charge in [0.15, 0.2) is 23.3 Å². The highest BCUT2D eigenvalue weighted by molar-refractivity contribution is 9.10. The minimum atomic E-state index is -0.234. The Labute approximate surface area is 694 Å². The summed E-state index contributed by atoms with van der Waals surface area (Å²) in [5, 5.41) is 67.2. The number of benzene rings is 6. The summed E-state index contributed by atoms with van der Waals surface area (Å²) in [6.07, 6.45) is 21.4. The number of aromatic amines is 5. The van der Waals surface area contributed by atoms with Gasteiger partial charge < -0.3 is 47.1 Å². The molecule has 0 spiro atoms. The van der Waals surface area contributed by atoms with Crippen LogP contribution in [0.1, 0.15) is 44.1 Å². The molecule has 2 fully saturated rings. The highest BCUT2D eigenvalue weighted by atomic mass is 79.9. The number of piperidine rings is 1. The molecule has 0 bridgehead atoms. The van der Waals surface area contributed by atoms with Gasteiger partial charge in [-0.1, -0.05) is 37.1 Å². The van der Waals surface area contributed by atoms with Crippen molar-refractivity contribution in [2.75, 3.05) is 55.2 Å². The Morgan fingerprint density at radius 2 is 0.890 bits per heavy atom. The minimum absolute atomic E-state index is 0.234. The zero-order chi connectivity index (χ0) is 78.8. The standard InChI is InChI=1S/C23H18FN7S.C22H15N7S.C22H24N6S.C18H12BrN7S/c24-15-1-3-19-17(10-15)13(11-26-19)5-7-25-23-29-20-6-8-32-21(20)22(30-23)28-16-2-4-18-14(9-16)12-27-31-18;1-2-4-14-11-23-19(10-13(14)3-1)27-22-26-18-7-8-30-20(18)21(28-22)25-16-5-6-17-15(9-16)12-24-29-17;1-2-6-19-14(4-1)5-3-10-28(19)22-25-18-9-11-29-20(18)21(26-22)24-16-7-8-17-15(12-16)13-23-27-17;19-11-1-4-15(20-9-11)24-18-23-14-5-6-27-16(14)17(25-18)22-12-2-3-13-10(7-12)8-21-26-13/h1-4,6,8-12,26H,5,7H2,(H,27,31)(H2,25,28,29,30);1-12H,(H,24,29)(H2,23,25,26,27,28);7-9,11-14,19H,1-6,10H2,(H,23,27)(H,24,25,26);1-9H,(H,21,26)(H2,20,22,23,24,25). The Hall–Kier alpha value is -13.7. The number of hydrogen-bond donors (Lipinski definition) is 12. The van der Waals surface area contributed by atoms with Gasteiger partial charge in [-0.2, -0.15) is 40.3 Å². The minimum Gasteiger partial charge on any atom is -0.361 e. The first-order valence-electron chi connectivity index (χ1n) is 38.2. The molecule has 1 saturated heterocycles. The number of H-pyrrole nitrogens is 5. The summed E-state index contributed by atoms with van der Waals surface area (Å²) in [4.78, 5) is 52.5. The molecule has 582 valence electrons. The molecule has 1 aliphatic carbocycles. The predicted octanol–water partition coefficient (Wildman–Crippen LogP) is 21.9. The molecule has 0 amide bonds. The maximum absolute atomic E-state index is 13.6. The molecule has 2 atom stereocenters. The molecule has 21 aromatic rings. The van der Waals surface area contributed by atoms with Gasteiger partial charge in [-0.3, -0.25) is 20.4 Å². The molecule has 6 aromatic carbocycles. The first-order valence-corrected chi connectivity index (χ1v) is 42.5. The number of rotatable bonds is 17. The lowest BCUT2D eigenvalue weighted by atomic mass is 9.78. The monoisotopic (exact) mass is 1690 g/mol. The molecular weight excluding hydrogens is 1630 g/mol. The summed E-state index contributed by atoms with van der Waals surface area (Å²) in [6.45, 7) is 1.69. The van der Waals surface area contributed by atoms with Crippen LogP contribution in [0, 0.1) is 11.7 Å². The van der Waals surface area contributed by atoms with Gasteiger partial charge in [0.05, 0.1) is 87.7 Å². The third kappa shape index (κ3) is 15.8. The quantitative estimate of drug-likeness (QED) is 0.0403. The van der Waals surface area contributed by atoms with Crippen molar-refractivity contribution in [2.45, 2.75) is 51.0 Å². The molecule has 23 rings (SSSR count). The maximum atomic E-state index is 13.6. The van der Waals surface area contributed by atoms with E-state index in [0.29, 0.717) is 48.5 Å². The molecule has 1 saturated carbocycles. The van der Waals surface area contributed by atoms with Gasteiger partial charge in [-0.05, 0) is 220 Å². The Morgan fingerprint density at radius 1 is 0.415 bits per heavy atom. The Morgan fingerprint density at radius 3 is 1.43 bits per heavy atom. The average molecular weight is 1700 g/mol. The van der Waals surface area contributed by atoms with E-state index < -0.39 is 0 Å². The van der Waals surface area contributed by atoms with E-state index in [4.69, 9.17) is 19.9 Å². The second-order valence-corrected chi connectivity index (χ2v) is 33.0. The van der Waals surface area contributed by atoms with E-state index in [0.717, 1.165) is 181 Å². The Bertz CT molecular complexity index is 7190. The topological polar surface area (TPSA) is 347 Å². The first kappa shape index (κ1) is 73.2. The maximum Gasteiger partial charge on any atom is 0.231 e. The van der Waals surface area contributed by atoms with Crippen molar-refractivity contribution in [1.82, 2.24) is 95.6 Å². The van der Waals surface area contributed by atoms with E-state index in [2.05, 4.69) is 169 Å². The third-order valence-corrected chi connectivity index (χ3v) is 24.9. The molecule has 27 nitrogen and oxygen atoms in total. The fourth-order valence-electron chi connectivity index (χ4n) is 15.1. The highest BCUT2D eigenvalue weighted by Gasteiger charge is 2.35. The molecule has 12 N–H and O–H groups in total. The van der Waals surface area contributed by atoms with Crippen molar-refractivity contribution in [1.29, 1.82) is 0 Å². The van der Waals surface area contributed by atoms with Crippen LogP contribution >= 0.6 is 61.3 Å². The van der Waals surface area contributed by atoms with Crippen LogP contribution < -0.4 is 42.1 Å². The largest absolute Gasteiger partial charge is 0.361 e. The van der Waals surface area contributed by atoms with Gasteiger partial charge in [0.1, 0.15) is 17.5 Å². The number of thiophene rings is 4. The SMILES string of the molecule is Brc1ccc(Nc2nc(Nc3ccc4[nH]ncc4c3)c3sccc3n2)nc1.Fc1ccc2[nH]cc(CCNc3nc(Nc4ccc5[nH]ncc5c4)c4sccc4n3)c2c1.c1cc2nc(N3CCCC4CCCCC43)nc(Nc3ccc4[nH]ncc4c3)c2s1.c1ccc2cc(Nc3nc(Nc4ccc5[nH]ncc5c4)c4sccc4n3)ncc2c1. The van der Waals surface area contributed by atoms with Gasteiger partial charge in [0.2, 0.25) is 23.8 Å². The van der Waals surface area contributed by atoms with Crippen LogP contribution in [0.25, 0.3) is 106 Å². The zero-order valence-corrected chi connectivity index (χ0v) is 67.3. The molecular formula is C85H69BrFN27S4. The van der Waals surface area contributed by atoms with Crippen LogP contribution in [0.5, 0.6) is 0 Å². The average Bonchev–Trinajstić information content (AvgIpc) is 1.47. The van der Waals surface area contributed by atoms with Crippen molar-refractivity contribution in [3.05, 3.63) is 238 Å². The molecule has 2 unspecified atom stereocenters. The number of pyridine rings is 2. The second-order valence-electron chi connectivity index (χ2n) is 28.4. The van der Waals surface area contributed by atoms with Crippen LogP contribution in [-0.4, -0.2) is 115 Å². The van der Waals surface area contributed by atoms with Gasteiger partial charge in [-0.25, -0.2) is 34.3 Å². The van der Waals surface area contributed by atoms with E-state index in [-0.39, 0.29) is 5.82 Å². The summed E-state index contributed by atoms with van der Waals surface area (Å²) in [5.41, 5.74) is 13.5. The third-order valence-electron chi connectivity index (χ3n) is 20.8. The number of hydrogen-bond acceptors (Lipinski definition) is 26. The summed E-state index contributed by atoms with van der Waals surface area (Å²) >= 11 is 9.88. The lowest BCUT2D eigenvalue weighted by molar-refractivity contribution is 0.241. The lowest BCUT2D eigenvalue weighted by Crippen LogP contribution is -2.47. The first-order chi connectivity index (χ1) is 58.1. The van der Waals surface area contributed by atoms with Crippen molar-refractivity contribution in [3.63, 3.8) is 0 Å². The fourth-order valence-corrected chi connectivity index (χ4v) is 18.4. The molecule has 16 heterocycles. The van der Waals surface area contributed by atoms with Gasteiger partial charge >= 0.3 is 0 Å². The fraction of sp³-hybridized carbons (Fsp3) is 0.129. The summed E-state index contributed by atoms with van der Waals surface area (Å²) in [5.74, 6) is 7.53. The van der Waals surface area contributed by atoms with E-state index in [1.807, 2.05) is 144 Å². The van der Waals surface area contributed by atoms with Gasteiger partial charge in [-0.15, -0.1) is 45.3 Å². The van der Waals surface area contributed by atoms with Crippen LogP contribution in [0.4, 0.5) is 85.8 Å². The van der Waals surface area contributed by atoms with Crippen LogP contribution in [0.15, 0.2) is 227 Å². The number of halogens is 2. The number of fused-ring (bicyclic) bond motifs is 11. The van der Waals surface area contributed by atoms with Crippen molar-refractivity contribution in [2.24, 2.45) is 5.92 Å². The van der Waals surface area contributed by atoms with Crippen molar-refractivity contribution in [3.8, 4) is 0 Å². The van der Waals surface area contributed by atoms with Gasteiger partial charge in [0, 0.05) is 103 Å². The van der Waals surface area contributed by atoms with Crippen LogP contribution in [0.2, 0.25) is 0 Å². The molecule has 2 aliphatic rings. The molecule has 15 aromatic heterocycles. The number of anilines is 14. The van der Waals surface area contributed by atoms with Crippen LogP contribution in [-0.2, 0) is 6.42 Å². The van der Waals surface area contributed by atoms with Crippen molar-refractivity contribution < 1.29 is 4.39 Å². The highest BCUT2D eigenvalue weighted by Crippen LogP contribution is 2.41. The lowest BCUT2D eigenvalue weighted by Gasteiger charge is -2.44. The summed E-state index contributed by atoms with van der Waals surface area (Å²) in [6, 6.07) is 51.6. The second kappa shape index (κ2) is 32.5. The van der Waals surface area contributed by atoms with E-state index in [1.165, 1.54) is 44.6 Å². The van der Waals surface area contributed by atoms with E-state index >= 15 is 0 Å². The van der Waals surface area contributed by atoms with Crippen molar-refractivity contribution >= 4 is 249 Å². The van der Waals surface area contributed by atoms with Gasteiger partial charge in [0.25, 0.3) is 0 Å². The van der Waals surface area contributed by atoms with E-state index in [9.17, 15) is 4.39 Å². The Balaban J connectivity index is 0.000000101. The number of nitrogens with zero attached hydrogens (tertiary/aromatic N) is 15. The Kier molecular flexibility index (Phi) is 20.2. The molecule has 1 aliphatic heterocycles. The molecule has 33 heteroatoms. The predicted molar refractivity (Wildman–Crippen MR) is 480 cm³/mol. The molecule has 0 radical (unpaired) electrons. The smallest absolute Gasteiger partial charge is 0.231 e. The number of aromatic nitrogens is 19. The van der Waals surface area contributed by atoms with Crippen LogP contribution in [0.3, 0.4) is 0 Å². The summed E-state index contributed by atoms with van der Waals surface area (Å²) in [7, 11) is 0.